The molecule has 0 bridgehead atoms. The standard InChI is InChI=1S/C19H33N5O7S/c20-22-17(16-23-5-13-32(27,28)14-6-23)15-21-3-7-29-9-11-31-12-10-30-8-4-24-18(25)1-2-19(24)26/h15H,1-14,16,20H2/b21-15?,22-17+. The van der Waals surface area contributed by atoms with E-state index in [0.29, 0.717) is 84.4 Å². The van der Waals surface area contributed by atoms with Crippen LogP contribution in [0.15, 0.2) is 10.1 Å². The Morgan fingerprint density at radius 2 is 1.50 bits per heavy atom. The monoisotopic (exact) mass is 475 g/mol. The summed E-state index contributed by atoms with van der Waals surface area (Å²) in [5, 5.41) is 3.70. The molecule has 2 rings (SSSR count). The molecule has 0 aromatic heterocycles. The number of nitrogens with two attached hydrogens (primary N) is 1. The van der Waals surface area contributed by atoms with E-state index in [1.165, 1.54) is 4.90 Å². The number of amides is 2. The van der Waals surface area contributed by atoms with Gasteiger partial charge in [-0.3, -0.25) is 24.4 Å². The zero-order chi connectivity index (χ0) is 23.2. The molecule has 12 nitrogen and oxygen atoms in total. The van der Waals surface area contributed by atoms with Gasteiger partial charge in [0.15, 0.2) is 9.84 Å². The van der Waals surface area contributed by atoms with E-state index < -0.39 is 9.84 Å². The number of carbonyl (C=O) groups is 2. The fraction of sp³-hybridized carbons (Fsp3) is 0.789. The molecule has 13 heteroatoms. The summed E-state index contributed by atoms with van der Waals surface area (Å²) in [6.07, 6.45) is 2.17. The van der Waals surface area contributed by atoms with Crippen LogP contribution in [-0.2, 0) is 33.6 Å². The highest BCUT2D eigenvalue weighted by Gasteiger charge is 2.28. The quantitative estimate of drug-likeness (QED) is 0.0960. The van der Waals surface area contributed by atoms with Gasteiger partial charge >= 0.3 is 0 Å². The van der Waals surface area contributed by atoms with E-state index in [-0.39, 0.29) is 29.9 Å². The molecule has 0 unspecified atom stereocenters. The van der Waals surface area contributed by atoms with Crippen LogP contribution in [0.3, 0.4) is 0 Å². The van der Waals surface area contributed by atoms with Gasteiger partial charge in [0.1, 0.15) is 0 Å². The van der Waals surface area contributed by atoms with Crippen molar-refractivity contribution in [1.29, 1.82) is 0 Å². The Hall–Kier alpha value is -1.93. The van der Waals surface area contributed by atoms with Crippen molar-refractivity contribution in [1.82, 2.24) is 9.80 Å². The summed E-state index contributed by atoms with van der Waals surface area (Å²) in [5.74, 6) is 5.43. The first-order valence-electron chi connectivity index (χ1n) is 10.7. The molecule has 2 amide bonds. The summed E-state index contributed by atoms with van der Waals surface area (Å²) in [6, 6.07) is 0. The molecule has 2 fully saturated rings. The smallest absolute Gasteiger partial charge is 0.229 e. The lowest BCUT2D eigenvalue weighted by atomic mass is 10.3. The van der Waals surface area contributed by atoms with Crippen LogP contribution in [0.4, 0.5) is 0 Å². The van der Waals surface area contributed by atoms with Crippen molar-refractivity contribution in [2.75, 3.05) is 83.9 Å². The maximum absolute atomic E-state index is 11.5. The van der Waals surface area contributed by atoms with Gasteiger partial charge in [0.25, 0.3) is 0 Å². The lowest BCUT2D eigenvalue weighted by Gasteiger charge is -2.25. The molecule has 0 radical (unpaired) electrons. The summed E-state index contributed by atoms with van der Waals surface area (Å²) < 4.78 is 39.1. The van der Waals surface area contributed by atoms with Crippen molar-refractivity contribution >= 4 is 33.6 Å². The zero-order valence-corrected chi connectivity index (χ0v) is 19.1. The lowest BCUT2D eigenvalue weighted by molar-refractivity contribution is -0.139. The molecule has 0 aromatic carbocycles. The Kier molecular flexibility index (Phi) is 11.7. The fourth-order valence-electron chi connectivity index (χ4n) is 3.11. The van der Waals surface area contributed by atoms with Gasteiger partial charge < -0.3 is 20.1 Å². The van der Waals surface area contributed by atoms with E-state index in [4.69, 9.17) is 20.1 Å². The number of likely N-dealkylation sites (tertiary alicyclic amines) is 1. The molecular formula is C19H33N5O7S. The number of aliphatic imine (C=N–C) groups is 1. The van der Waals surface area contributed by atoms with E-state index >= 15 is 0 Å². The molecule has 182 valence electrons. The molecule has 2 N–H and O–H groups in total. The van der Waals surface area contributed by atoms with Gasteiger partial charge in [0.05, 0.1) is 69.9 Å². The van der Waals surface area contributed by atoms with Crippen molar-refractivity contribution in [3.63, 3.8) is 0 Å². The minimum atomic E-state index is -2.91. The second kappa shape index (κ2) is 14.3. The van der Waals surface area contributed by atoms with Gasteiger partial charge in [0.2, 0.25) is 11.8 Å². The van der Waals surface area contributed by atoms with Gasteiger partial charge in [-0.15, -0.1) is 0 Å². The normalized spacial score (nSPS) is 20.0. The van der Waals surface area contributed by atoms with Crippen LogP contribution < -0.4 is 5.84 Å². The fourth-order valence-corrected chi connectivity index (χ4v) is 4.39. The Morgan fingerprint density at radius 3 is 2.09 bits per heavy atom. The molecule has 2 aliphatic rings. The second-order valence-corrected chi connectivity index (χ2v) is 9.66. The first-order valence-corrected chi connectivity index (χ1v) is 12.5. The molecule has 0 atom stereocenters. The van der Waals surface area contributed by atoms with Crippen LogP contribution in [0, 0.1) is 0 Å². The Morgan fingerprint density at radius 1 is 0.938 bits per heavy atom. The maximum atomic E-state index is 11.5. The molecular weight excluding hydrogens is 442 g/mol. The summed E-state index contributed by atoms with van der Waals surface area (Å²) >= 11 is 0. The lowest BCUT2D eigenvalue weighted by Crippen LogP contribution is -2.43. The van der Waals surface area contributed by atoms with Crippen LogP contribution in [0.2, 0.25) is 0 Å². The minimum absolute atomic E-state index is 0.137. The van der Waals surface area contributed by atoms with Crippen molar-refractivity contribution in [3.8, 4) is 0 Å². The van der Waals surface area contributed by atoms with Gasteiger partial charge in [-0.05, 0) is 0 Å². The summed E-state index contributed by atoms with van der Waals surface area (Å²) in [4.78, 5) is 30.3. The molecule has 32 heavy (non-hydrogen) atoms. The SMILES string of the molecule is N/N=C(\C=NCCOCCOCCOCCN1C(=O)CCC1=O)CN1CCS(=O)(=O)CC1. The van der Waals surface area contributed by atoms with Crippen LogP contribution >= 0.6 is 0 Å². The number of rotatable bonds is 15. The highest BCUT2D eigenvalue weighted by molar-refractivity contribution is 7.91. The van der Waals surface area contributed by atoms with Crippen molar-refractivity contribution in [3.05, 3.63) is 0 Å². The number of imide groups is 1. The molecule has 2 heterocycles. The number of sulfone groups is 1. The highest BCUT2D eigenvalue weighted by Crippen LogP contribution is 2.10. The van der Waals surface area contributed by atoms with Crippen LogP contribution in [0.25, 0.3) is 0 Å². The first-order chi connectivity index (χ1) is 15.4. The number of ether oxygens (including phenoxy) is 3. The first kappa shape index (κ1) is 26.3. The predicted molar refractivity (Wildman–Crippen MR) is 118 cm³/mol. The Balaban J connectivity index is 1.40. The van der Waals surface area contributed by atoms with E-state index in [1.807, 2.05) is 4.90 Å². The largest absolute Gasteiger partial charge is 0.377 e. The predicted octanol–water partition coefficient (Wildman–Crippen LogP) is -1.70. The number of hydrogen-bond donors (Lipinski definition) is 1. The molecule has 0 spiro atoms. The van der Waals surface area contributed by atoms with Gasteiger partial charge in [-0.25, -0.2) is 8.42 Å². The third-order valence-corrected chi connectivity index (χ3v) is 6.56. The molecule has 0 aromatic rings. The van der Waals surface area contributed by atoms with E-state index in [0.717, 1.165) is 0 Å². The Labute approximate surface area is 188 Å². The highest BCUT2D eigenvalue weighted by atomic mass is 32.2. The molecule has 0 saturated carbocycles. The second-order valence-electron chi connectivity index (χ2n) is 7.36. The van der Waals surface area contributed by atoms with E-state index in [9.17, 15) is 18.0 Å². The van der Waals surface area contributed by atoms with Crippen molar-refractivity contribution in [2.24, 2.45) is 15.9 Å². The minimum Gasteiger partial charge on any atom is -0.377 e. The number of hydrogen-bond acceptors (Lipinski definition) is 11. The van der Waals surface area contributed by atoms with E-state index in [1.54, 1.807) is 6.21 Å². The summed E-state index contributed by atoms with van der Waals surface area (Å²) in [6.45, 7) is 4.51. The van der Waals surface area contributed by atoms with Gasteiger partial charge in [-0.2, -0.15) is 5.10 Å². The van der Waals surface area contributed by atoms with Gasteiger partial charge in [-0.1, -0.05) is 0 Å². The number of nitrogens with zero attached hydrogens (tertiary/aromatic N) is 4. The maximum Gasteiger partial charge on any atom is 0.229 e. The number of carbonyl (C=O) groups excluding carboxylic acids is 2. The summed E-state index contributed by atoms with van der Waals surface area (Å²) in [7, 11) is -2.91. The Bertz CT molecular complexity index is 742. The van der Waals surface area contributed by atoms with Crippen molar-refractivity contribution in [2.45, 2.75) is 12.8 Å². The third kappa shape index (κ3) is 10.1. The number of hydrazone groups is 1. The van der Waals surface area contributed by atoms with Crippen LogP contribution in [0.5, 0.6) is 0 Å². The molecule has 2 aliphatic heterocycles. The topological polar surface area (TPSA) is 153 Å². The average molecular weight is 476 g/mol. The third-order valence-electron chi connectivity index (χ3n) is 4.95. The molecule has 2 saturated heterocycles. The molecule has 0 aliphatic carbocycles. The van der Waals surface area contributed by atoms with Crippen LogP contribution in [-0.4, -0.2) is 126 Å². The zero-order valence-electron chi connectivity index (χ0n) is 18.3. The average Bonchev–Trinajstić information content (AvgIpc) is 3.09. The van der Waals surface area contributed by atoms with Gasteiger partial charge in [0, 0.05) is 38.7 Å². The summed E-state index contributed by atoms with van der Waals surface area (Å²) in [5.41, 5.74) is 0.589. The van der Waals surface area contributed by atoms with E-state index in [2.05, 4.69) is 10.1 Å². The van der Waals surface area contributed by atoms with Crippen LogP contribution in [0.1, 0.15) is 12.8 Å². The van der Waals surface area contributed by atoms with Crippen molar-refractivity contribution < 1.29 is 32.2 Å².